The van der Waals surface area contributed by atoms with Crippen LogP contribution in [0.2, 0.25) is 5.02 Å². The zero-order chi connectivity index (χ0) is 14.2. The maximum absolute atomic E-state index is 12.5. The van der Waals surface area contributed by atoms with Crippen molar-refractivity contribution in [3.8, 4) is 0 Å². The molecule has 0 spiro atoms. The molecule has 0 bridgehead atoms. The van der Waals surface area contributed by atoms with Gasteiger partial charge in [0.2, 0.25) is 0 Å². The minimum atomic E-state index is 0.00926. The van der Waals surface area contributed by atoms with Crippen molar-refractivity contribution >= 4 is 33.3 Å². The van der Waals surface area contributed by atoms with Crippen molar-refractivity contribution in [2.75, 3.05) is 0 Å². The molecule has 0 aromatic heterocycles. The minimum Gasteiger partial charge on any atom is -0.289 e. The van der Waals surface area contributed by atoms with Gasteiger partial charge in [-0.1, -0.05) is 39.7 Å². The Balaban J connectivity index is 2.49. The Hall–Kier alpha value is -1.12. The van der Waals surface area contributed by atoms with Crippen LogP contribution in [0.5, 0.6) is 0 Å². The molecule has 0 saturated heterocycles. The van der Waals surface area contributed by atoms with Crippen molar-refractivity contribution in [3.63, 3.8) is 0 Å². The second-order valence-electron chi connectivity index (χ2n) is 4.71. The summed E-state index contributed by atoms with van der Waals surface area (Å²) in [5.41, 5.74) is 4.33. The van der Waals surface area contributed by atoms with E-state index >= 15 is 0 Å². The molecule has 0 aliphatic heterocycles. The predicted molar refractivity (Wildman–Crippen MR) is 83.2 cm³/mol. The zero-order valence-corrected chi connectivity index (χ0v) is 13.4. The first kappa shape index (κ1) is 14.3. The Morgan fingerprint density at radius 3 is 2.32 bits per heavy atom. The van der Waals surface area contributed by atoms with Crippen molar-refractivity contribution in [2.45, 2.75) is 20.8 Å². The zero-order valence-electron chi connectivity index (χ0n) is 11.1. The predicted octanol–water partition coefficient (Wildman–Crippen LogP) is 5.26. The Morgan fingerprint density at radius 2 is 1.68 bits per heavy atom. The topological polar surface area (TPSA) is 17.1 Å². The first-order chi connectivity index (χ1) is 8.90. The number of benzene rings is 2. The van der Waals surface area contributed by atoms with Crippen LogP contribution in [-0.4, -0.2) is 5.78 Å². The van der Waals surface area contributed by atoms with Gasteiger partial charge in [0.1, 0.15) is 0 Å². The summed E-state index contributed by atoms with van der Waals surface area (Å²) in [6.45, 7) is 5.83. The van der Waals surface area contributed by atoms with E-state index < -0.39 is 0 Å². The Bertz CT molecular complexity index is 662. The molecule has 0 heterocycles. The van der Waals surface area contributed by atoms with Gasteiger partial charge >= 0.3 is 0 Å². The molecule has 0 unspecified atom stereocenters. The van der Waals surface area contributed by atoms with Gasteiger partial charge in [0.15, 0.2) is 5.78 Å². The van der Waals surface area contributed by atoms with E-state index in [9.17, 15) is 4.79 Å². The number of ketones is 1. The summed E-state index contributed by atoms with van der Waals surface area (Å²) < 4.78 is 1.02. The van der Waals surface area contributed by atoms with Crippen LogP contribution in [0.1, 0.15) is 32.6 Å². The number of aryl methyl sites for hydroxylation is 3. The molecule has 0 aliphatic rings. The molecule has 2 aromatic rings. The van der Waals surface area contributed by atoms with Crippen LogP contribution < -0.4 is 0 Å². The van der Waals surface area contributed by atoms with Crippen LogP contribution >= 0.6 is 27.5 Å². The first-order valence-corrected chi connectivity index (χ1v) is 7.15. The van der Waals surface area contributed by atoms with Crippen LogP contribution in [0.3, 0.4) is 0 Å². The monoisotopic (exact) mass is 336 g/mol. The molecule has 0 amide bonds. The molecule has 0 saturated carbocycles. The van der Waals surface area contributed by atoms with Crippen LogP contribution in [0, 0.1) is 20.8 Å². The van der Waals surface area contributed by atoms with Gasteiger partial charge in [-0.05, 0) is 55.7 Å². The van der Waals surface area contributed by atoms with Crippen molar-refractivity contribution in [3.05, 3.63) is 67.6 Å². The molecular formula is C16H14BrClO. The number of hydrogen-bond acceptors (Lipinski definition) is 1. The molecular weight excluding hydrogens is 324 g/mol. The van der Waals surface area contributed by atoms with E-state index in [-0.39, 0.29) is 5.78 Å². The van der Waals surface area contributed by atoms with E-state index in [1.165, 1.54) is 0 Å². The number of carbonyl (C=O) groups is 1. The van der Waals surface area contributed by atoms with Crippen LogP contribution in [-0.2, 0) is 0 Å². The van der Waals surface area contributed by atoms with Gasteiger partial charge in [-0.3, -0.25) is 4.79 Å². The normalized spacial score (nSPS) is 10.6. The summed E-state index contributed by atoms with van der Waals surface area (Å²) in [6, 6.07) is 9.31. The Labute approximate surface area is 126 Å². The van der Waals surface area contributed by atoms with Gasteiger partial charge in [-0.25, -0.2) is 0 Å². The highest BCUT2D eigenvalue weighted by Crippen LogP contribution is 2.24. The van der Waals surface area contributed by atoms with E-state index in [0.717, 1.165) is 26.7 Å². The second-order valence-corrected chi connectivity index (χ2v) is 5.97. The van der Waals surface area contributed by atoms with E-state index in [1.807, 2.05) is 45.0 Å². The summed E-state index contributed by atoms with van der Waals surface area (Å²) in [6.07, 6.45) is 0. The van der Waals surface area contributed by atoms with Crippen LogP contribution in [0.25, 0.3) is 0 Å². The maximum Gasteiger partial charge on any atom is 0.193 e. The van der Waals surface area contributed by atoms with Gasteiger partial charge in [-0.15, -0.1) is 0 Å². The molecule has 0 atom stereocenters. The molecule has 98 valence electrons. The molecule has 19 heavy (non-hydrogen) atoms. The largest absolute Gasteiger partial charge is 0.289 e. The first-order valence-electron chi connectivity index (χ1n) is 5.97. The number of carbonyl (C=O) groups excluding carboxylic acids is 1. The third-order valence-electron chi connectivity index (χ3n) is 3.18. The lowest BCUT2D eigenvalue weighted by atomic mass is 9.97. The minimum absolute atomic E-state index is 0.00926. The highest BCUT2D eigenvalue weighted by Gasteiger charge is 2.14. The maximum atomic E-state index is 12.5. The van der Waals surface area contributed by atoms with Gasteiger partial charge < -0.3 is 0 Å². The second kappa shape index (κ2) is 5.48. The molecule has 0 radical (unpaired) electrons. The van der Waals surface area contributed by atoms with Gasteiger partial charge in [0.05, 0.1) is 0 Å². The Morgan fingerprint density at radius 1 is 1.00 bits per heavy atom. The van der Waals surface area contributed by atoms with Crippen molar-refractivity contribution in [2.24, 2.45) is 0 Å². The molecule has 0 N–H and O–H groups in total. The molecule has 0 fully saturated rings. The molecule has 2 rings (SSSR count). The summed E-state index contributed by atoms with van der Waals surface area (Å²) >= 11 is 9.56. The lowest BCUT2D eigenvalue weighted by Gasteiger charge is -2.09. The summed E-state index contributed by atoms with van der Waals surface area (Å²) in [4.78, 5) is 12.5. The SMILES string of the molecule is Cc1ccc(C(=O)c2cc(C)c(Br)cc2C)cc1Cl. The fourth-order valence-corrected chi connectivity index (χ4v) is 2.55. The van der Waals surface area contributed by atoms with E-state index in [0.29, 0.717) is 10.6 Å². The van der Waals surface area contributed by atoms with Gasteiger partial charge in [0, 0.05) is 20.6 Å². The number of rotatable bonds is 2. The fourth-order valence-electron chi connectivity index (χ4n) is 1.92. The van der Waals surface area contributed by atoms with E-state index in [4.69, 9.17) is 11.6 Å². The molecule has 1 nitrogen and oxygen atoms in total. The summed E-state index contributed by atoms with van der Waals surface area (Å²) in [5.74, 6) is 0.00926. The van der Waals surface area contributed by atoms with Crippen molar-refractivity contribution in [1.82, 2.24) is 0 Å². The summed E-state index contributed by atoms with van der Waals surface area (Å²) in [5, 5.41) is 0.623. The molecule has 2 aromatic carbocycles. The Kier molecular flexibility index (Phi) is 4.12. The summed E-state index contributed by atoms with van der Waals surface area (Å²) in [7, 11) is 0. The van der Waals surface area contributed by atoms with Crippen LogP contribution in [0.4, 0.5) is 0 Å². The number of halogens is 2. The average molecular weight is 338 g/mol. The van der Waals surface area contributed by atoms with E-state index in [1.54, 1.807) is 6.07 Å². The van der Waals surface area contributed by atoms with E-state index in [2.05, 4.69) is 15.9 Å². The average Bonchev–Trinajstić information content (AvgIpc) is 2.36. The smallest absolute Gasteiger partial charge is 0.193 e. The fraction of sp³-hybridized carbons (Fsp3) is 0.188. The van der Waals surface area contributed by atoms with Crippen LogP contribution in [0.15, 0.2) is 34.8 Å². The lowest BCUT2D eigenvalue weighted by Crippen LogP contribution is -2.04. The molecule has 0 aliphatic carbocycles. The van der Waals surface area contributed by atoms with Crippen molar-refractivity contribution in [1.29, 1.82) is 0 Å². The third-order valence-corrected chi connectivity index (χ3v) is 4.45. The van der Waals surface area contributed by atoms with Crippen molar-refractivity contribution < 1.29 is 4.79 Å². The quantitative estimate of drug-likeness (QED) is 0.683. The molecule has 3 heteroatoms. The highest BCUT2D eigenvalue weighted by molar-refractivity contribution is 9.10. The van der Waals surface area contributed by atoms with Gasteiger partial charge in [0.25, 0.3) is 0 Å². The number of hydrogen-bond donors (Lipinski definition) is 0. The van der Waals surface area contributed by atoms with Gasteiger partial charge in [-0.2, -0.15) is 0 Å². The standard InChI is InChI=1S/C16H14BrClO/c1-9-4-5-12(8-15(9)18)16(19)13-6-11(3)14(17)7-10(13)2/h4-8H,1-3H3. The lowest BCUT2D eigenvalue weighted by molar-refractivity contribution is 0.103. The third kappa shape index (κ3) is 2.90. The highest BCUT2D eigenvalue weighted by atomic mass is 79.9.